The van der Waals surface area contributed by atoms with Crippen LogP contribution in [0.25, 0.3) is 0 Å². The molecule has 0 spiro atoms. The molecule has 3 rings (SSSR count). The van der Waals surface area contributed by atoms with Crippen LogP contribution in [0.5, 0.6) is 0 Å². The molecule has 0 radical (unpaired) electrons. The van der Waals surface area contributed by atoms with E-state index in [1.165, 1.54) is 36.4 Å². The number of nitrogens with two attached hydrogens (primary N) is 1. The van der Waals surface area contributed by atoms with Crippen LogP contribution in [0.15, 0.2) is 59.5 Å². The van der Waals surface area contributed by atoms with Crippen molar-refractivity contribution in [2.75, 3.05) is 6.54 Å². The van der Waals surface area contributed by atoms with E-state index in [-0.39, 0.29) is 35.1 Å². The average molecular weight is 757 g/mol. The van der Waals surface area contributed by atoms with Gasteiger partial charge in [0.15, 0.2) is 6.04 Å². The van der Waals surface area contributed by atoms with Gasteiger partial charge in [-0.1, -0.05) is 70.4 Å². The fourth-order valence-electron chi connectivity index (χ4n) is 6.05. The number of primary sulfonamides is 1. The molecule has 1 saturated carbocycles. The number of Topliss-reactive ketones (excluding diaryl/α,β-unsaturated/α-hetero) is 1. The van der Waals surface area contributed by atoms with Crippen LogP contribution >= 0.6 is 0 Å². The lowest BCUT2D eigenvalue weighted by Crippen LogP contribution is -2.58. The Bertz CT molecular complexity index is 1750. The molecular weight excluding hydrogens is 708 g/mol. The van der Waals surface area contributed by atoms with Crippen molar-refractivity contribution in [1.82, 2.24) is 26.6 Å². The topological polar surface area (TPSA) is 260 Å². The van der Waals surface area contributed by atoms with E-state index in [1.807, 2.05) is 13.8 Å². The Balaban J connectivity index is 1.69. The van der Waals surface area contributed by atoms with Crippen molar-refractivity contribution in [2.24, 2.45) is 17.0 Å². The van der Waals surface area contributed by atoms with E-state index in [0.717, 1.165) is 12.8 Å². The molecule has 5 amide bonds. The average Bonchev–Trinajstić information content (AvgIpc) is 3.65. The lowest BCUT2D eigenvalue weighted by atomic mass is 9.95. The normalized spacial score (nSPS) is 15.3. The van der Waals surface area contributed by atoms with E-state index in [0.29, 0.717) is 24.8 Å². The summed E-state index contributed by atoms with van der Waals surface area (Å²) < 4.78 is 23.3. The molecule has 0 aromatic heterocycles. The maximum atomic E-state index is 13.8. The molecule has 16 nitrogen and oxygen atoms in total. The second kappa shape index (κ2) is 19.6. The van der Waals surface area contributed by atoms with Gasteiger partial charge in [0.25, 0.3) is 11.8 Å². The minimum atomic E-state index is -3.98. The molecule has 4 atom stereocenters. The Kier molecular flexibility index (Phi) is 15.6. The number of hydrogen-bond acceptors (Lipinski definition) is 9. The lowest BCUT2D eigenvalue weighted by molar-refractivity contribution is -0.142. The summed E-state index contributed by atoms with van der Waals surface area (Å²) >= 11 is 0. The molecular formula is C36H48N6O10S. The van der Waals surface area contributed by atoms with E-state index in [2.05, 4.69) is 26.6 Å². The van der Waals surface area contributed by atoms with Gasteiger partial charge in [-0.3, -0.25) is 28.8 Å². The van der Waals surface area contributed by atoms with Crippen molar-refractivity contribution in [1.29, 1.82) is 0 Å². The number of ketones is 1. The molecule has 1 aliphatic rings. The van der Waals surface area contributed by atoms with E-state index >= 15 is 0 Å². The van der Waals surface area contributed by atoms with Crippen LogP contribution in [-0.4, -0.2) is 79.5 Å². The summed E-state index contributed by atoms with van der Waals surface area (Å²) in [6.45, 7) is 4.68. The third-order valence-corrected chi connectivity index (χ3v) is 9.68. The highest BCUT2D eigenvalue weighted by atomic mass is 32.2. The van der Waals surface area contributed by atoms with Gasteiger partial charge < -0.3 is 31.7 Å². The predicted octanol–water partition coefficient (Wildman–Crippen LogP) is 1.07. The smallest absolute Gasteiger partial charge is 0.330 e. The Labute approximate surface area is 308 Å². The standard InChI is InChI=1S/C36H48N6O10S/c1-4-10-26(31(44)35(48)38-20-28(43)41-30(36(49)50)23-11-6-5-7-12-23)39-33(46)27(19-21(2)3)40-34(47)29(22-13-8-9-14-22)42-32(45)24-15-17-25(18-16-24)53(37,51)52/h5-7,11-12,15-18,21-22,26-27,29-30H,4,8-10,13-14,19-20H2,1-3H3,(H,38,48)(H,39,46)(H,40,47)(H,41,43)(H,42,45)(H,49,50)(H2,37,51,52)/t26-,27+,29+,30+/m1/s1. The summed E-state index contributed by atoms with van der Waals surface area (Å²) in [6, 6.07) is 7.96. The number of amides is 5. The van der Waals surface area contributed by atoms with Gasteiger partial charge in [-0.05, 0) is 67.3 Å². The monoisotopic (exact) mass is 756 g/mol. The second-order valence-corrected chi connectivity index (χ2v) is 15.0. The Hall–Kier alpha value is -5.16. The van der Waals surface area contributed by atoms with Crippen LogP contribution in [0.4, 0.5) is 0 Å². The summed E-state index contributed by atoms with van der Waals surface area (Å²) in [5, 5.41) is 27.2. The molecule has 0 aliphatic heterocycles. The summed E-state index contributed by atoms with van der Waals surface area (Å²) in [5.41, 5.74) is 0.401. The SMILES string of the molecule is CCC[C@@H](NC(=O)[C@H](CC(C)C)NC(=O)[C@@H](NC(=O)c1ccc(S(N)(=O)=O)cc1)C1CCCC1)C(=O)C(=O)NCC(=O)N[C@H](C(=O)O)c1ccccc1. The van der Waals surface area contributed by atoms with Gasteiger partial charge >= 0.3 is 5.97 Å². The fraction of sp³-hybridized carbons (Fsp3) is 0.472. The third-order valence-electron chi connectivity index (χ3n) is 8.75. The minimum Gasteiger partial charge on any atom is -0.479 e. The van der Waals surface area contributed by atoms with Crippen molar-refractivity contribution in [3.05, 3.63) is 65.7 Å². The highest BCUT2D eigenvalue weighted by molar-refractivity contribution is 7.89. The maximum absolute atomic E-state index is 13.8. The first-order chi connectivity index (χ1) is 25.0. The number of carboxylic acids is 1. The number of sulfonamides is 1. The highest BCUT2D eigenvalue weighted by Crippen LogP contribution is 2.28. The van der Waals surface area contributed by atoms with Gasteiger partial charge in [-0.15, -0.1) is 0 Å². The first kappa shape index (κ1) is 42.3. The molecule has 0 bridgehead atoms. The molecule has 1 aliphatic carbocycles. The number of rotatable bonds is 19. The van der Waals surface area contributed by atoms with E-state index in [9.17, 15) is 47.1 Å². The van der Waals surface area contributed by atoms with Gasteiger partial charge in [0.05, 0.1) is 17.5 Å². The molecule has 0 saturated heterocycles. The number of carbonyl (C=O) groups is 7. The first-order valence-corrected chi connectivity index (χ1v) is 19.0. The Morgan fingerprint density at radius 1 is 0.830 bits per heavy atom. The van der Waals surface area contributed by atoms with Crippen molar-refractivity contribution in [3.63, 3.8) is 0 Å². The van der Waals surface area contributed by atoms with E-state index < -0.39 is 82.0 Å². The Morgan fingerprint density at radius 2 is 1.43 bits per heavy atom. The maximum Gasteiger partial charge on any atom is 0.330 e. The quantitative estimate of drug-likeness (QED) is 0.100. The second-order valence-electron chi connectivity index (χ2n) is 13.4. The zero-order chi connectivity index (χ0) is 39.3. The van der Waals surface area contributed by atoms with Crippen LogP contribution in [0, 0.1) is 11.8 Å². The van der Waals surface area contributed by atoms with Crippen LogP contribution < -0.4 is 31.7 Å². The largest absolute Gasteiger partial charge is 0.479 e. The van der Waals surface area contributed by atoms with Crippen molar-refractivity contribution < 1.29 is 47.1 Å². The van der Waals surface area contributed by atoms with Crippen LogP contribution in [0.1, 0.15) is 87.7 Å². The molecule has 2 aromatic carbocycles. The zero-order valence-electron chi connectivity index (χ0n) is 29.9. The molecule has 0 heterocycles. The number of carboxylic acid groups (broad SMARTS) is 1. The molecule has 53 heavy (non-hydrogen) atoms. The third kappa shape index (κ3) is 12.8. The fourth-order valence-corrected chi connectivity index (χ4v) is 6.57. The summed E-state index contributed by atoms with van der Waals surface area (Å²) in [7, 11) is -3.98. The molecule has 288 valence electrons. The van der Waals surface area contributed by atoms with Crippen LogP contribution in [0.2, 0.25) is 0 Å². The van der Waals surface area contributed by atoms with Gasteiger partial charge in [-0.25, -0.2) is 18.4 Å². The van der Waals surface area contributed by atoms with Crippen LogP contribution in [0.3, 0.4) is 0 Å². The number of aliphatic carboxylic acids is 1. The zero-order valence-corrected chi connectivity index (χ0v) is 30.7. The molecule has 2 aromatic rings. The Morgan fingerprint density at radius 3 is 1.98 bits per heavy atom. The van der Waals surface area contributed by atoms with Gasteiger partial charge in [0.2, 0.25) is 33.5 Å². The number of nitrogens with one attached hydrogen (secondary N) is 5. The minimum absolute atomic E-state index is 0.0621. The van der Waals surface area contributed by atoms with Gasteiger partial charge in [0.1, 0.15) is 12.1 Å². The van der Waals surface area contributed by atoms with Crippen molar-refractivity contribution in [2.45, 2.75) is 94.8 Å². The molecule has 0 unspecified atom stereocenters. The van der Waals surface area contributed by atoms with Crippen molar-refractivity contribution in [3.8, 4) is 0 Å². The van der Waals surface area contributed by atoms with E-state index in [1.54, 1.807) is 25.1 Å². The molecule has 8 N–H and O–H groups in total. The number of hydrogen-bond donors (Lipinski definition) is 7. The first-order valence-electron chi connectivity index (χ1n) is 17.4. The molecule has 1 fully saturated rings. The lowest BCUT2D eigenvalue weighted by Gasteiger charge is -2.28. The van der Waals surface area contributed by atoms with Gasteiger partial charge in [0, 0.05) is 5.56 Å². The summed E-state index contributed by atoms with van der Waals surface area (Å²) in [4.78, 5) is 90.7. The number of carbonyl (C=O) groups excluding carboxylic acids is 6. The number of benzene rings is 2. The molecule has 17 heteroatoms. The van der Waals surface area contributed by atoms with Crippen LogP contribution in [-0.2, 0) is 38.8 Å². The van der Waals surface area contributed by atoms with E-state index in [4.69, 9.17) is 5.14 Å². The predicted molar refractivity (Wildman–Crippen MR) is 192 cm³/mol. The summed E-state index contributed by atoms with van der Waals surface area (Å²) in [5.74, 6) is -6.71. The summed E-state index contributed by atoms with van der Waals surface area (Å²) in [6.07, 6.45) is 3.56. The van der Waals surface area contributed by atoms with Crippen molar-refractivity contribution >= 4 is 51.3 Å². The van der Waals surface area contributed by atoms with Gasteiger partial charge in [-0.2, -0.15) is 0 Å². The highest BCUT2D eigenvalue weighted by Gasteiger charge is 2.36.